The molecule has 1 aromatic rings. The number of likely N-dealkylation sites (tertiary alicyclic amines) is 1. The zero-order valence-corrected chi connectivity index (χ0v) is 17.5. The first-order valence-electron chi connectivity index (χ1n) is 10.4. The molecule has 1 aliphatic rings. The highest BCUT2D eigenvalue weighted by Crippen LogP contribution is 2.11. The summed E-state index contributed by atoms with van der Waals surface area (Å²) in [6.07, 6.45) is 4.70. The number of alkyl carbamates (subject to hydrolysis) is 1. The van der Waals surface area contributed by atoms with E-state index >= 15 is 0 Å². The van der Waals surface area contributed by atoms with Crippen LogP contribution in [0.3, 0.4) is 0 Å². The minimum Gasteiger partial charge on any atom is -0.444 e. The second-order valence-electron chi connectivity index (χ2n) is 8.45. The second kappa shape index (κ2) is 11.1. The van der Waals surface area contributed by atoms with Crippen molar-refractivity contribution >= 4 is 12.0 Å². The lowest BCUT2D eigenvalue weighted by Gasteiger charge is -2.27. The lowest BCUT2D eigenvalue weighted by molar-refractivity contribution is -0.123. The summed E-state index contributed by atoms with van der Waals surface area (Å²) in [5.74, 6) is -0.173. The van der Waals surface area contributed by atoms with Gasteiger partial charge in [0.2, 0.25) is 5.91 Å². The highest BCUT2D eigenvalue weighted by atomic mass is 16.6. The second-order valence-corrected chi connectivity index (χ2v) is 8.45. The highest BCUT2D eigenvalue weighted by Gasteiger charge is 2.24. The van der Waals surface area contributed by atoms with E-state index in [9.17, 15) is 9.59 Å². The zero-order valence-electron chi connectivity index (χ0n) is 17.5. The van der Waals surface area contributed by atoms with E-state index in [1.807, 2.05) is 51.1 Å². The van der Waals surface area contributed by atoms with E-state index in [-0.39, 0.29) is 5.91 Å². The van der Waals surface area contributed by atoms with Gasteiger partial charge in [0.15, 0.2) is 0 Å². The van der Waals surface area contributed by atoms with Gasteiger partial charge in [0.25, 0.3) is 0 Å². The van der Waals surface area contributed by atoms with Gasteiger partial charge in [-0.05, 0) is 71.7 Å². The van der Waals surface area contributed by atoms with Crippen LogP contribution in [0, 0.1) is 0 Å². The minimum atomic E-state index is -0.594. The lowest BCUT2D eigenvalue weighted by atomic mass is 10.1. The molecule has 1 aromatic carbocycles. The Labute approximate surface area is 169 Å². The molecule has 0 bridgehead atoms. The molecule has 2 amide bonds. The van der Waals surface area contributed by atoms with Crippen molar-refractivity contribution in [3.63, 3.8) is 0 Å². The van der Waals surface area contributed by atoms with Gasteiger partial charge < -0.3 is 20.3 Å². The number of piperidine rings is 1. The van der Waals surface area contributed by atoms with Gasteiger partial charge in [-0.2, -0.15) is 0 Å². The van der Waals surface area contributed by atoms with Crippen LogP contribution in [0.25, 0.3) is 0 Å². The molecule has 1 atom stereocenters. The molecule has 6 nitrogen and oxygen atoms in total. The maximum absolute atomic E-state index is 12.7. The van der Waals surface area contributed by atoms with Crippen LogP contribution in [0.5, 0.6) is 0 Å². The first-order valence-corrected chi connectivity index (χ1v) is 10.4. The van der Waals surface area contributed by atoms with Crippen LogP contribution in [-0.2, 0) is 16.1 Å². The van der Waals surface area contributed by atoms with Crippen molar-refractivity contribution in [2.75, 3.05) is 19.6 Å². The number of nitrogens with zero attached hydrogens (tertiary/aromatic N) is 1. The van der Waals surface area contributed by atoms with E-state index < -0.39 is 17.7 Å². The molecule has 0 aliphatic carbocycles. The number of benzene rings is 1. The molecule has 0 aromatic heterocycles. The molecule has 2 N–H and O–H groups in total. The third-order valence-electron chi connectivity index (χ3n) is 4.73. The Morgan fingerprint density at radius 2 is 1.79 bits per heavy atom. The number of hydrogen-bond donors (Lipinski definition) is 2. The van der Waals surface area contributed by atoms with E-state index in [2.05, 4.69) is 15.5 Å². The van der Waals surface area contributed by atoms with Crippen molar-refractivity contribution in [3.8, 4) is 0 Å². The number of nitrogens with one attached hydrogen (secondary N) is 2. The van der Waals surface area contributed by atoms with Crippen LogP contribution in [-0.4, -0.2) is 48.2 Å². The number of carbonyl (C=O) groups excluding carboxylic acids is 2. The predicted molar refractivity (Wildman–Crippen MR) is 111 cm³/mol. The number of rotatable bonds is 8. The lowest BCUT2D eigenvalue weighted by Crippen LogP contribution is -2.48. The average Bonchev–Trinajstić information content (AvgIpc) is 2.65. The monoisotopic (exact) mass is 389 g/mol. The van der Waals surface area contributed by atoms with Gasteiger partial charge in [-0.25, -0.2) is 4.79 Å². The van der Waals surface area contributed by atoms with Gasteiger partial charge in [-0.1, -0.05) is 36.8 Å². The molecule has 6 heteroatoms. The molecule has 0 radical (unpaired) electrons. The van der Waals surface area contributed by atoms with Crippen molar-refractivity contribution in [1.29, 1.82) is 0 Å². The highest BCUT2D eigenvalue weighted by molar-refractivity contribution is 5.85. The normalized spacial score (nSPS) is 16.2. The van der Waals surface area contributed by atoms with E-state index in [4.69, 9.17) is 4.74 Å². The van der Waals surface area contributed by atoms with E-state index in [0.29, 0.717) is 13.0 Å². The molecule has 1 fully saturated rings. The number of hydrogen-bond acceptors (Lipinski definition) is 4. The molecule has 28 heavy (non-hydrogen) atoms. The van der Waals surface area contributed by atoms with Crippen molar-refractivity contribution in [2.24, 2.45) is 0 Å². The fraction of sp³-hybridized carbons (Fsp3) is 0.636. The quantitative estimate of drug-likeness (QED) is 0.714. The molecule has 1 heterocycles. The Balaban J connectivity index is 1.87. The van der Waals surface area contributed by atoms with Crippen LogP contribution in [0.1, 0.15) is 58.4 Å². The largest absolute Gasteiger partial charge is 0.444 e. The molecule has 0 spiro atoms. The van der Waals surface area contributed by atoms with Crippen LogP contribution in [0.2, 0.25) is 0 Å². The molecular formula is C22H35N3O3. The fourth-order valence-electron chi connectivity index (χ4n) is 3.33. The summed E-state index contributed by atoms with van der Waals surface area (Å²) in [6, 6.07) is 9.16. The standard InChI is InChI=1S/C22H35N3O3/c1-22(2,3)28-21(27)24-19(13-10-16-25-14-8-5-9-15-25)20(26)23-17-18-11-6-4-7-12-18/h4,6-7,11-12,19H,5,8-10,13-17H2,1-3H3,(H,23,26)(H,24,27)/t19-/m0/s1. The summed E-state index contributed by atoms with van der Waals surface area (Å²) in [5, 5.41) is 5.69. The first kappa shape index (κ1) is 22.2. The molecule has 156 valence electrons. The summed E-state index contributed by atoms with van der Waals surface area (Å²) in [5.41, 5.74) is 0.434. The van der Waals surface area contributed by atoms with Gasteiger partial charge in [-0.15, -0.1) is 0 Å². The third-order valence-corrected chi connectivity index (χ3v) is 4.73. The summed E-state index contributed by atoms with van der Waals surface area (Å²) in [7, 11) is 0. The summed E-state index contributed by atoms with van der Waals surface area (Å²) in [4.78, 5) is 27.3. The van der Waals surface area contributed by atoms with Crippen molar-refractivity contribution in [3.05, 3.63) is 35.9 Å². The summed E-state index contributed by atoms with van der Waals surface area (Å²) < 4.78 is 5.34. The third kappa shape index (κ3) is 8.74. The van der Waals surface area contributed by atoms with Crippen molar-refractivity contribution in [2.45, 2.75) is 71.1 Å². The molecule has 0 unspecified atom stereocenters. The van der Waals surface area contributed by atoms with E-state index in [1.54, 1.807) is 0 Å². The van der Waals surface area contributed by atoms with Gasteiger partial charge in [0, 0.05) is 6.54 Å². The molecule has 0 saturated carbocycles. The Morgan fingerprint density at radius 1 is 1.11 bits per heavy atom. The number of ether oxygens (including phenoxy) is 1. The summed E-state index contributed by atoms with van der Waals surface area (Å²) >= 11 is 0. The number of carbonyl (C=O) groups is 2. The smallest absolute Gasteiger partial charge is 0.408 e. The minimum absolute atomic E-state index is 0.173. The maximum atomic E-state index is 12.7. The Kier molecular flexibility index (Phi) is 8.77. The average molecular weight is 390 g/mol. The van der Waals surface area contributed by atoms with Gasteiger partial charge in [0.1, 0.15) is 11.6 Å². The zero-order chi connectivity index (χ0) is 20.4. The van der Waals surface area contributed by atoms with Crippen LogP contribution < -0.4 is 10.6 Å². The van der Waals surface area contributed by atoms with Gasteiger partial charge in [0.05, 0.1) is 0 Å². The Morgan fingerprint density at radius 3 is 2.43 bits per heavy atom. The fourth-order valence-corrected chi connectivity index (χ4v) is 3.33. The first-order chi connectivity index (χ1) is 13.3. The van der Waals surface area contributed by atoms with Crippen molar-refractivity contribution < 1.29 is 14.3 Å². The summed E-state index contributed by atoms with van der Waals surface area (Å²) in [6.45, 7) is 9.10. The molecule has 1 aliphatic heterocycles. The maximum Gasteiger partial charge on any atom is 0.408 e. The van der Waals surface area contributed by atoms with Crippen molar-refractivity contribution in [1.82, 2.24) is 15.5 Å². The molecular weight excluding hydrogens is 354 g/mol. The SMILES string of the molecule is CC(C)(C)OC(=O)N[C@@H](CCCN1CCCCC1)C(=O)NCc1ccccc1. The van der Waals surface area contributed by atoms with Crippen LogP contribution >= 0.6 is 0 Å². The Hall–Kier alpha value is -2.08. The predicted octanol–water partition coefficient (Wildman–Crippen LogP) is 3.46. The van der Waals surface area contributed by atoms with Gasteiger partial charge in [-0.3, -0.25) is 4.79 Å². The molecule has 2 rings (SSSR count). The topological polar surface area (TPSA) is 70.7 Å². The van der Waals surface area contributed by atoms with Crippen LogP contribution in [0.4, 0.5) is 4.79 Å². The van der Waals surface area contributed by atoms with Gasteiger partial charge >= 0.3 is 6.09 Å². The number of amides is 2. The van der Waals surface area contributed by atoms with Crippen LogP contribution in [0.15, 0.2) is 30.3 Å². The Bertz CT molecular complexity index is 607. The van der Waals surface area contributed by atoms with E-state index in [1.165, 1.54) is 19.3 Å². The molecule has 1 saturated heterocycles. The van der Waals surface area contributed by atoms with E-state index in [0.717, 1.165) is 31.6 Å².